The molecule has 0 aliphatic heterocycles. The molecule has 0 N–H and O–H groups in total. The summed E-state index contributed by atoms with van der Waals surface area (Å²) in [6, 6.07) is 8.54. The van der Waals surface area contributed by atoms with Crippen molar-refractivity contribution in [2.75, 3.05) is 14.2 Å². The lowest BCUT2D eigenvalue weighted by Gasteiger charge is -2.18. The third-order valence-electron chi connectivity index (χ3n) is 3.02. The molecule has 0 bridgehead atoms. The number of alkyl halides is 1. The van der Waals surface area contributed by atoms with E-state index in [0.717, 1.165) is 19.2 Å². The molecule has 0 saturated heterocycles. The van der Waals surface area contributed by atoms with E-state index in [1.165, 1.54) is 12.1 Å². The van der Waals surface area contributed by atoms with Gasteiger partial charge in [0, 0.05) is 9.13 Å². The van der Waals surface area contributed by atoms with Crippen molar-refractivity contribution >= 4 is 54.5 Å². The van der Waals surface area contributed by atoms with Crippen LogP contribution in [-0.4, -0.2) is 14.2 Å². The molecule has 2 rings (SSSR count). The molecule has 21 heavy (non-hydrogen) atoms. The second-order valence-electron chi connectivity index (χ2n) is 4.23. The van der Waals surface area contributed by atoms with Crippen molar-refractivity contribution in [3.8, 4) is 11.5 Å². The van der Waals surface area contributed by atoms with Gasteiger partial charge >= 0.3 is 0 Å². The Morgan fingerprint density at radius 3 is 2.33 bits per heavy atom. The van der Waals surface area contributed by atoms with Crippen LogP contribution in [0.2, 0.25) is 0 Å². The number of ether oxygens (including phenoxy) is 2. The van der Waals surface area contributed by atoms with Crippen molar-refractivity contribution in [3.63, 3.8) is 0 Å². The van der Waals surface area contributed by atoms with Crippen LogP contribution in [0.25, 0.3) is 0 Å². The third-order valence-corrected chi connectivity index (χ3v) is 5.70. The van der Waals surface area contributed by atoms with E-state index in [1.807, 2.05) is 12.1 Å². The molecule has 0 fully saturated rings. The van der Waals surface area contributed by atoms with Crippen molar-refractivity contribution < 1.29 is 13.9 Å². The van der Waals surface area contributed by atoms with Crippen LogP contribution < -0.4 is 9.47 Å². The van der Waals surface area contributed by atoms with Crippen molar-refractivity contribution in [1.82, 2.24) is 0 Å². The lowest BCUT2D eigenvalue weighted by molar-refractivity contribution is 0.386. The molecule has 2 nitrogen and oxygen atoms in total. The molecular weight excluding hydrogens is 518 g/mol. The van der Waals surface area contributed by atoms with Gasteiger partial charge in [0.15, 0.2) is 0 Å². The monoisotopic (exact) mass is 528 g/mol. The molecule has 112 valence electrons. The topological polar surface area (TPSA) is 18.5 Å². The molecule has 2 aromatic carbocycles. The van der Waals surface area contributed by atoms with Crippen molar-refractivity contribution in [3.05, 3.63) is 55.3 Å². The third kappa shape index (κ3) is 3.53. The Balaban J connectivity index is 2.52. The highest BCUT2D eigenvalue weighted by atomic mass is 127. The molecule has 2 aromatic rings. The van der Waals surface area contributed by atoms with Gasteiger partial charge in [0.25, 0.3) is 0 Å². The highest BCUT2D eigenvalue weighted by molar-refractivity contribution is 14.1. The maximum absolute atomic E-state index is 13.3. The Morgan fingerprint density at radius 2 is 1.76 bits per heavy atom. The van der Waals surface area contributed by atoms with Crippen LogP contribution in [0.5, 0.6) is 11.5 Å². The minimum absolute atomic E-state index is 0.109. The van der Waals surface area contributed by atoms with Crippen molar-refractivity contribution in [1.29, 1.82) is 0 Å². The fraction of sp³-hybridized carbons (Fsp3) is 0.200. The highest BCUT2D eigenvalue weighted by Gasteiger charge is 2.21. The minimum atomic E-state index is -0.245. The standard InChI is InChI=1S/C15H12Br2FIO2/c1-20-12-6-5-10(15(21-2)14(12)17)13(16)9-4-3-8(18)7-11(9)19/h3-7,13H,1-2H3. The highest BCUT2D eigenvalue weighted by Crippen LogP contribution is 2.45. The van der Waals surface area contributed by atoms with Gasteiger partial charge in [0.2, 0.25) is 0 Å². The van der Waals surface area contributed by atoms with Gasteiger partial charge in [-0.1, -0.05) is 28.1 Å². The van der Waals surface area contributed by atoms with Crippen LogP contribution in [0.3, 0.4) is 0 Å². The zero-order valence-corrected chi connectivity index (χ0v) is 16.6. The number of hydrogen-bond donors (Lipinski definition) is 0. The smallest absolute Gasteiger partial charge is 0.141 e. The predicted molar refractivity (Wildman–Crippen MR) is 97.1 cm³/mol. The van der Waals surface area contributed by atoms with Crippen LogP contribution in [0, 0.1) is 9.39 Å². The summed E-state index contributed by atoms with van der Waals surface area (Å²) in [4.78, 5) is -0.109. The second-order valence-corrected chi connectivity index (χ2v) is 7.10. The number of hydrogen-bond acceptors (Lipinski definition) is 2. The Hall–Kier alpha value is -0.340. The largest absolute Gasteiger partial charge is 0.495 e. The molecule has 1 atom stereocenters. The first kappa shape index (κ1) is 17.0. The Labute approximate surface area is 153 Å². The molecule has 0 saturated carbocycles. The molecule has 0 aliphatic carbocycles. The second kappa shape index (κ2) is 7.28. The average molecular weight is 530 g/mol. The molecule has 0 amide bonds. The zero-order chi connectivity index (χ0) is 15.6. The summed E-state index contributed by atoms with van der Waals surface area (Å²) in [5, 5.41) is 0. The van der Waals surface area contributed by atoms with Gasteiger partial charge in [-0.3, -0.25) is 0 Å². The molecule has 0 heterocycles. The summed E-state index contributed by atoms with van der Waals surface area (Å²) in [6.07, 6.45) is 0. The van der Waals surface area contributed by atoms with E-state index in [0.29, 0.717) is 11.5 Å². The van der Waals surface area contributed by atoms with Gasteiger partial charge in [-0.2, -0.15) is 0 Å². The molecule has 6 heteroatoms. The fourth-order valence-corrected chi connectivity index (χ4v) is 4.65. The maximum Gasteiger partial charge on any atom is 0.141 e. The number of methoxy groups -OCH3 is 2. The first-order valence-electron chi connectivity index (χ1n) is 5.99. The first-order valence-corrected chi connectivity index (χ1v) is 8.77. The lowest BCUT2D eigenvalue weighted by Crippen LogP contribution is -2.01. The molecule has 1 unspecified atom stereocenters. The Bertz CT molecular complexity index is 664. The van der Waals surface area contributed by atoms with Crippen LogP contribution in [0.4, 0.5) is 4.39 Å². The summed E-state index contributed by atoms with van der Waals surface area (Å²) in [6.45, 7) is 0. The fourth-order valence-electron chi connectivity index (χ4n) is 1.99. The molecular formula is C15H12Br2FIO2. The summed E-state index contributed by atoms with van der Waals surface area (Å²) < 4.78 is 25.6. The summed E-state index contributed by atoms with van der Waals surface area (Å²) in [7, 11) is 3.21. The summed E-state index contributed by atoms with van der Waals surface area (Å²) in [5.74, 6) is 1.14. The number of benzene rings is 2. The van der Waals surface area contributed by atoms with Gasteiger partial charge in [-0.05, 0) is 62.3 Å². The van der Waals surface area contributed by atoms with E-state index in [1.54, 1.807) is 20.3 Å². The Kier molecular flexibility index (Phi) is 5.90. The molecule has 0 aromatic heterocycles. The molecule has 0 spiro atoms. The minimum Gasteiger partial charge on any atom is -0.495 e. The van der Waals surface area contributed by atoms with Crippen molar-refractivity contribution in [2.24, 2.45) is 0 Å². The van der Waals surface area contributed by atoms with Crippen LogP contribution in [-0.2, 0) is 0 Å². The van der Waals surface area contributed by atoms with Gasteiger partial charge in [-0.25, -0.2) is 4.39 Å². The normalized spacial score (nSPS) is 12.1. The first-order chi connectivity index (χ1) is 9.99. The van der Waals surface area contributed by atoms with Gasteiger partial charge in [-0.15, -0.1) is 0 Å². The quantitative estimate of drug-likeness (QED) is 0.374. The predicted octanol–water partition coefficient (Wildman–Crippen LogP) is 5.69. The summed E-state index contributed by atoms with van der Waals surface area (Å²) in [5.41, 5.74) is 1.92. The SMILES string of the molecule is COc1ccc(C(Br)c2ccc(F)cc2I)c(OC)c1Br. The van der Waals surface area contributed by atoms with Gasteiger partial charge in [0.05, 0.1) is 19.0 Å². The van der Waals surface area contributed by atoms with E-state index in [-0.39, 0.29) is 10.6 Å². The van der Waals surface area contributed by atoms with Crippen LogP contribution in [0.1, 0.15) is 16.0 Å². The number of halogens is 4. The Morgan fingerprint density at radius 1 is 1.10 bits per heavy atom. The number of rotatable bonds is 4. The van der Waals surface area contributed by atoms with E-state index < -0.39 is 0 Å². The molecule has 0 aliphatic rings. The van der Waals surface area contributed by atoms with E-state index in [9.17, 15) is 4.39 Å². The zero-order valence-electron chi connectivity index (χ0n) is 11.3. The van der Waals surface area contributed by atoms with Gasteiger partial charge < -0.3 is 9.47 Å². The van der Waals surface area contributed by atoms with E-state index in [2.05, 4.69) is 54.5 Å². The van der Waals surface area contributed by atoms with E-state index in [4.69, 9.17) is 9.47 Å². The molecule has 0 radical (unpaired) electrons. The van der Waals surface area contributed by atoms with Crippen LogP contribution in [0.15, 0.2) is 34.8 Å². The lowest BCUT2D eigenvalue weighted by atomic mass is 10.0. The van der Waals surface area contributed by atoms with Crippen molar-refractivity contribution in [2.45, 2.75) is 4.83 Å². The maximum atomic E-state index is 13.3. The van der Waals surface area contributed by atoms with Gasteiger partial charge in [0.1, 0.15) is 21.8 Å². The summed E-state index contributed by atoms with van der Waals surface area (Å²) >= 11 is 9.29. The van der Waals surface area contributed by atoms with E-state index >= 15 is 0 Å². The average Bonchev–Trinajstić information content (AvgIpc) is 2.46. The van der Waals surface area contributed by atoms with Crippen LogP contribution >= 0.6 is 54.5 Å².